The lowest BCUT2D eigenvalue weighted by Crippen LogP contribution is -2.26. The number of hydrogen-bond donors (Lipinski definition) is 2. The fourth-order valence-electron chi connectivity index (χ4n) is 2.19. The lowest BCUT2D eigenvalue weighted by Gasteiger charge is -2.07. The smallest absolute Gasteiger partial charge is 0.322 e. The van der Waals surface area contributed by atoms with E-state index in [-0.39, 0.29) is 12.2 Å². The number of hydrogen-bond acceptors (Lipinski definition) is 2. The van der Waals surface area contributed by atoms with Crippen LogP contribution in [0.4, 0.5) is 14.5 Å². The van der Waals surface area contributed by atoms with E-state index in [0.717, 1.165) is 4.57 Å². The number of amides is 1. The quantitative estimate of drug-likeness (QED) is 0.779. The number of para-hydroxylation sites is 1. The monoisotopic (exact) mass is 303 g/mol. The molecule has 0 aliphatic heterocycles. The molecule has 2 aromatic carbocycles. The van der Waals surface area contributed by atoms with E-state index in [9.17, 15) is 18.4 Å². The van der Waals surface area contributed by atoms with Crippen LogP contribution in [0.2, 0.25) is 0 Å². The predicted octanol–water partition coefficient (Wildman–Crippen LogP) is 2.25. The van der Waals surface area contributed by atoms with Crippen LogP contribution in [0.3, 0.4) is 0 Å². The van der Waals surface area contributed by atoms with Gasteiger partial charge >= 0.3 is 5.69 Å². The van der Waals surface area contributed by atoms with Crippen LogP contribution < -0.4 is 11.0 Å². The van der Waals surface area contributed by atoms with Gasteiger partial charge in [0.25, 0.3) is 0 Å². The molecule has 0 saturated heterocycles. The molecule has 0 bridgehead atoms. The zero-order valence-electron chi connectivity index (χ0n) is 11.3. The Labute approximate surface area is 123 Å². The van der Waals surface area contributed by atoms with Crippen molar-refractivity contribution in [2.75, 3.05) is 5.32 Å². The Balaban J connectivity index is 1.87. The van der Waals surface area contributed by atoms with E-state index in [2.05, 4.69) is 10.3 Å². The van der Waals surface area contributed by atoms with E-state index in [0.29, 0.717) is 11.0 Å². The van der Waals surface area contributed by atoms with E-state index in [1.165, 1.54) is 36.4 Å². The summed E-state index contributed by atoms with van der Waals surface area (Å²) >= 11 is 0. The van der Waals surface area contributed by atoms with Crippen LogP contribution in [0.15, 0.2) is 47.3 Å². The van der Waals surface area contributed by atoms with Crippen LogP contribution in [-0.4, -0.2) is 15.5 Å². The van der Waals surface area contributed by atoms with Crippen LogP contribution in [0.1, 0.15) is 0 Å². The number of anilines is 1. The maximum Gasteiger partial charge on any atom is 0.326 e. The van der Waals surface area contributed by atoms with Crippen molar-refractivity contribution >= 4 is 22.6 Å². The highest BCUT2D eigenvalue weighted by molar-refractivity contribution is 5.91. The lowest BCUT2D eigenvalue weighted by atomic mass is 10.3. The van der Waals surface area contributed by atoms with Gasteiger partial charge in [-0.1, -0.05) is 12.1 Å². The first kappa shape index (κ1) is 14.0. The number of rotatable bonds is 3. The molecule has 112 valence electrons. The Morgan fingerprint density at radius 2 is 1.95 bits per heavy atom. The van der Waals surface area contributed by atoms with Gasteiger partial charge in [-0.05, 0) is 30.3 Å². The van der Waals surface area contributed by atoms with Gasteiger partial charge < -0.3 is 10.3 Å². The predicted molar refractivity (Wildman–Crippen MR) is 77.5 cm³/mol. The largest absolute Gasteiger partial charge is 0.326 e. The number of aromatic amines is 1. The molecule has 0 fully saturated rings. The Kier molecular flexibility index (Phi) is 3.46. The number of nitrogens with zero attached hydrogens (tertiary/aromatic N) is 1. The molecule has 22 heavy (non-hydrogen) atoms. The molecule has 3 rings (SSSR count). The highest BCUT2D eigenvalue weighted by atomic mass is 19.1. The third-order valence-electron chi connectivity index (χ3n) is 3.19. The zero-order valence-corrected chi connectivity index (χ0v) is 11.3. The molecule has 0 atom stereocenters. The number of carbonyl (C=O) groups excluding carboxylic acids is 1. The number of fused-ring (bicyclic) bond motifs is 1. The normalized spacial score (nSPS) is 10.8. The van der Waals surface area contributed by atoms with Crippen molar-refractivity contribution in [1.29, 1.82) is 0 Å². The van der Waals surface area contributed by atoms with Crippen LogP contribution in [-0.2, 0) is 11.3 Å². The second kappa shape index (κ2) is 5.44. The lowest BCUT2D eigenvalue weighted by molar-refractivity contribution is -0.116. The summed E-state index contributed by atoms with van der Waals surface area (Å²) in [5, 5.41) is 2.39. The van der Waals surface area contributed by atoms with E-state index in [4.69, 9.17) is 0 Å². The summed E-state index contributed by atoms with van der Waals surface area (Å²) in [6.07, 6.45) is 0. The third kappa shape index (κ3) is 2.60. The molecular formula is C15H11F2N3O2. The summed E-state index contributed by atoms with van der Waals surface area (Å²) in [4.78, 5) is 26.3. The molecule has 0 saturated carbocycles. The molecule has 1 heterocycles. The number of H-pyrrole nitrogens is 1. The van der Waals surface area contributed by atoms with Crippen molar-refractivity contribution in [3.63, 3.8) is 0 Å². The molecular weight excluding hydrogens is 292 g/mol. The molecule has 0 unspecified atom stereocenters. The number of aromatic nitrogens is 2. The van der Waals surface area contributed by atoms with E-state index in [1.807, 2.05) is 0 Å². The molecule has 2 N–H and O–H groups in total. The van der Waals surface area contributed by atoms with Gasteiger partial charge in [-0.3, -0.25) is 9.36 Å². The Morgan fingerprint density at radius 3 is 2.73 bits per heavy atom. The molecule has 7 heteroatoms. The van der Waals surface area contributed by atoms with E-state index < -0.39 is 23.2 Å². The molecule has 0 spiro atoms. The SMILES string of the molecule is O=C(Cn1c(=O)[nH]c2cc(F)ccc21)Nc1ccccc1F. The first-order valence-electron chi connectivity index (χ1n) is 6.47. The first-order valence-corrected chi connectivity index (χ1v) is 6.47. The molecule has 0 aliphatic carbocycles. The van der Waals surface area contributed by atoms with Gasteiger partial charge in [-0.25, -0.2) is 13.6 Å². The first-order chi connectivity index (χ1) is 10.5. The molecule has 1 aromatic heterocycles. The minimum atomic E-state index is -0.566. The molecule has 3 aromatic rings. The van der Waals surface area contributed by atoms with Gasteiger partial charge in [-0.2, -0.15) is 0 Å². The van der Waals surface area contributed by atoms with Crippen molar-refractivity contribution in [3.8, 4) is 0 Å². The average Bonchev–Trinajstić information content (AvgIpc) is 2.77. The molecule has 1 amide bonds. The van der Waals surface area contributed by atoms with Crippen LogP contribution in [0.25, 0.3) is 11.0 Å². The number of halogens is 2. The Bertz CT molecular complexity index is 915. The third-order valence-corrected chi connectivity index (χ3v) is 3.19. The number of imidazole rings is 1. The second-order valence-electron chi connectivity index (χ2n) is 4.71. The number of benzene rings is 2. The van der Waals surface area contributed by atoms with Gasteiger partial charge in [0.15, 0.2) is 0 Å². The maximum atomic E-state index is 13.5. The summed E-state index contributed by atoms with van der Waals surface area (Å²) in [6.45, 7) is -0.307. The summed E-state index contributed by atoms with van der Waals surface area (Å²) in [5.74, 6) is -1.61. The Morgan fingerprint density at radius 1 is 1.18 bits per heavy atom. The topological polar surface area (TPSA) is 66.9 Å². The summed E-state index contributed by atoms with van der Waals surface area (Å²) in [6, 6.07) is 9.49. The molecule has 5 nitrogen and oxygen atoms in total. The van der Waals surface area contributed by atoms with Gasteiger partial charge in [0.2, 0.25) is 5.91 Å². The molecule has 0 radical (unpaired) electrons. The van der Waals surface area contributed by atoms with Gasteiger partial charge in [0, 0.05) is 0 Å². The minimum Gasteiger partial charge on any atom is -0.322 e. The average molecular weight is 303 g/mol. The number of carbonyl (C=O) groups is 1. The molecule has 0 aliphatic rings. The van der Waals surface area contributed by atoms with Crippen molar-refractivity contribution in [2.24, 2.45) is 0 Å². The summed E-state index contributed by atoms with van der Waals surface area (Å²) < 4.78 is 27.8. The highest BCUT2D eigenvalue weighted by Crippen LogP contribution is 2.14. The standard InChI is InChI=1S/C15H11F2N3O2/c16-9-5-6-13-12(7-9)19-15(22)20(13)8-14(21)18-11-4-2-1-3-10(11)17/h1-7H,8H2,(H,18,21)(H,19,22). The van der Waals surface area contributed by atoms with Crippen molar-refractivity contribution in [1.82, 2.24) is 9.55 Å². The Hall–Kier alpha value is -2.96. The fourth-order valence-corrected chi connectivity index (χ4v) is 2.19. The van der Waals surface area contributed by atoms with Crippen molar-refractivity contribution < 1.29 is 13.6 Å². The summed E-state index contributed by atoms with van der Waals surface area (Å²) in [5.41, 5.74) is 0.189. The minimum absolute atomic E-state index is 0.0337. The second-order valence-corrected chi connectivity index (χ2v) is 4.71. The van der Waals surface area contributed by atoms with Gasteiger partial charge in [0.05, 0.1) is 16.7 Å². The van der Waals surface area contributed by atoms with Crippen molar-refractivity contribution in [2.45, 2.75) is 6.54 Å². The van der Waals surface area contributed by atoms with Gasteiger partial charge in [-0.15, -0.1) is 0 Å². The van der Waals surface area contributed by atoms with Crippen molar-refractivity contribution in [3.05, 3.63) is 64.6 Å². The van der Waals surface area contributed by atoms with Crippen LogP contribution in [0.5, 0.6) is 0 Å². The van der Waals surface area contributed by atoms with E-state index >= 15 is 0 Å². The van der Waals surface area contributed by atoms with Crippen LogP contribution >= 0.6 is 0 Å². The van der Waals surface area contributed by atoms with Gasteiger partial charge in [0.1, 0.15) is 18.2 Å². The van der Waals surface area contributed by atoms with Crippen LogP contribution in [0, 0.1) is 11.6 Å². The highest BCUT2D eigenvalue weighted by Gasteiger charge is 2.12. The zero-order chi connectivity index (χ0) is 15.7. The number of nitrogens with one attached hydrogen (secondary N) is 2. The maximum absolute atomic E-state index is 13.5. The van der Waals surface area contributed by atoms with E-state index in [1.54, 1.807) is 6.07 Å². The fraction of sp³-hybridized carbons (Fsp3) is 0.0667. The summed E-state index contributed by atoms with van der Waals surface area (Å²) in [7, 11) is 0.